The number of carbonyl (C=O) groups is 1. The highest BCUT2D eigenvalue weighted by Gasteiger charge is 2.12. The fourth-order valence-electron chi connectivity index (χ4n) is 4.13. The molecule has 2 aromatic carbocycles. The van der Waals surface area contributed by atoms with Gasteiger partial charge in [-0.05, 0) is 40.8 Å². The summed E-state index contributed by atoms with van der Waals surface area (Å²) in [6.07, 6.45) is 6.11. The zero-order chi connectivity index (χ0) is 24.9. The lowest BCUT2D eigenvalue weighted by Gasteiger charge is -2.12. The third kappa shape index (κ3) is 4.76. The molecule has 0 fully saturated rings. The number of nitrogens with zero attached hydrogens (tertiary/aromatic N) is 5. The Morgan fingerprint density at radius 1 is 1.00 bits per heavy atom. The number of hydrogen-bond donors (Lipinski definition) is 2. The van der Waals surface area contributed by atoms with Gasteiger partial charge in [0, 0.05) is 48.6 Å². The van der Waals surface area contributed by atoms with Crippen LogP contribution in [-0.4, -0.2) is 25.5 Å². The molecule has 3 N–H and O–H groups in total. The minimum absolute atomic E-state index is 0.322. The molecule has 0 aliphatic rings. The molecule has 3 aromatic heterocycles. The molecule has 1 amide bonds. The van der Waals surface area contributed by atoms with Crippen LogP contribution in [0.3, 0.4) is 0 Å². The Morgan fingerprint density at radius 3 is 2.56 bits per heavy atom. The van der Waals surface area contributed by atoms with E-state index in [2.05, 4.69) is 21.5 Å². The van der Waals surface area contributed by atoms with E-state index in [-0.39, 0.29) is 0 Å². The Morgan fingerprint density at radius 2 is 1.81 bits per heavy atom. The summed E-state index contributed by atoms with van der Waals surface area (Å²) in [4.78, 5) is 20.7. The predicted molar refractivity (Wildman–Crippen MR) is 138 cm³/mol. The molecule has 8 nitrogen and oxygen atoms in total. The molecule has 5 aromatic rings. The molecule has 36 heavy (non-hydrogen) atoms. The van der Waals surface area contributed by atoms with E-state index in [4.69, 9.17) is 16.0 Å². The van der Waals surface area contributed by atoms with Crippen molar-refractivity contribution >= 4 is 17.4 Å². The van der Waals surface area contributed by atoms with Crippen molar-refractivity contribution in [2.24, 2.45) is 5.73 Å². The first-order valence-electron chi connectivity index (χ1n) is 11.5. The molecular formula is C28H23N7O. The van der Waals surface area contributed by atoms with Gasteiger partial charge in [-0.15, -0.1) is 0 Å². The van der Waals surface area contributed by atoms with E-state index >= 15 is 0 Å². The summed E-state index contributed by atoms with van der Waals surface area (Å²) in [5, 5.41) is 16.8. The Balaban J connectivity index is 1.43. The van der Waals surface area contributed by atoms with Crippen molar-refractivity contribution in [1.82, 2.24) is 19.6 Å². The Hall–Kier alpha value is -5.03. The van der Waals surface area contributed by atoms with Crippen molar-refractivity contribution in [3.05, 3.63) is 102 Å². The van der Waals surface area contributed by atoms with Gasteiger partial charge in [-0.25, -0.2) is 4.98 Å². The lowest BCUT2D eigenvalue weighted by Crippen LogP contribution is -2.13. The summed E-state index contributed by atoms with van der Waals surface area (Å²) >= 11 is 0. The normalized spacial score (nSPS) is 10.8. The number of aryl methyl sites for hydroxylation is 1. The van der Waals surface area contributed by atoms with Crippen molar-refractivity contribution in [3.63, 3.8) is 0 Å². The Kier molecular flexibility index (Phi) is 6.36. The fourth-order valence-corrected chi connectivity index (χ4v) is 4.13. The quantitative estimate of drug-likeness (QED) is 0.339. The predicted octanol–water partition coefficient (Wildman–Crippen LogP) is 4.63. The van der Waals surface area contributed by atoms with Gasteiger partial charge in [-0.3, -0.25) is 9.78 Å². The van der Waals surface area contributed by atoms with E-state index in [9.17, 15) is 4.79 Å². The maximum atomic E-state index is 11.8. The molecule has 0 bridgehead atoms. The van der Waals surface area contributed by atoms with E-state index < -0.39 is 5.91 Å². The van der Waals surface area contributed by atoms with Gasteiger partial charge < -0.3 is 11.1 Å². The van der Waals surface area contributed by atoms with Crippen molar-refractivity contribution in [1.29, 1.82) is 5.26 Å². The van der Waals surface area contributed by atoms with Crippen LogP contribution in [0, 0.1) is 11.3 Å². The van der Waals surface area contributed by atoms with Crippen LogP contribution in [0.25, 0.3) is 28.0 Å². The van der Waals surface area contributed by atoms with Gasteiger partial charge in [0.2, 0.25) is 5.91 Å². The second-order valence-corrected chi connectivity index (χ2v) is 8.31. The fraction of sp³-hybridized carbons (Fsp3) is 0.107. The van der Waals surface area contributed by atoms with Crippen molar-refractivity contribution in [3.8, 4) is 28.5 Å². The van der Waals surface area contributed by atoms with Crippen LogP contribution in [0.4, 0.5) is 5.82 Å². The SMILES string of the molecule is N#CCCc1cc(-c2ccc(-c3cc(NCc4cccnc4)n4nccc4n3)cc2)ccc1C(N)=O. The molecule has 8 heteroatoms. The lowest BCUT2D eigenvalue weighted by atomic mass is 9.95. The number of hydrogen-bond acceptors (Lipinski definition) is 6. The average Bonchev–Trinajstić information content (AvgIpc) is 3.40. The highest BCUT2D eigenvalue weighted by molar-refractivity contribution is 5.95. The van der Waals surface area contributed by atoms with Crippen molar-refractivity contribution in [2.45, 2.75) is 19.4 Å². The molecule has 3 heterocycles. The van der Waals surface area contributed by atoms with Gasteiger partial charge in [0.25, 0.3) is 0 Å². The minimum atomic E-state index is -0.487. The topological polar surface area (TPSA) is 122 Å². The first kappa shape index (κ1) is 22.7. The molecular weight excluding hydrogens is 450 g/mol. The molecule has 176 valence electrons. The monoisotopic (exact) mass is 473 g/mol. The van der Waals surface area contributed by atoms with Crippen LogP contribution in [0.5, 0.6) is 0 Å². The van der Waals surface area contributed by atoms with Crippen LogP contribution >= 0.6 is 0 Å². The summed E-state index contributed by atoms with van der Waals surface area (Å²) < 4.78 is 1.78. The zero-order valence-electron chi connectivity index (χ0n) is 19.4. The first-order valence-corrected chi connectivity index (χ1v) is 11.5. The molecule has 0 saturated heterocycles. The van der Waals surface area contributed by atoms with Crippen LogP contribution < -0.4 is 11.1 Å². The number of nitrogens with one attached hydrogen (secondary N) is 1. The summed E-state index contributed by atoms with van der Waals surface area (Å²) in [5.41, 5.74) is 12.3. The first-order chi connectivity index (χ1) is 17.6. The number of benzene rings is 2. The van der Waals surface area contributed by atoms with Gasteiger partial charge in [0.15, 0.2) is 5.65 Å². The van der Waals surface area contributed by atoms with Crippen molar-refractivity contribution in [2.75, 3.05) is 5.32 Å². The number of nitrogens with two attached hydrogens (primary N) is 1. The summed E-state index contributed by atoms with van der Waals surface area (Å²) in [5.74, 6) is 0.344. The second kappa shape index (κ2) is 10.1. The van der Waals surface area contributed by atoms with Crippen LogP contribution in [0.1, 0.15) is 27.9 Å². The van der Waals surface area contributed by atoms with E-state index in [1.807, 2.05) is 66.9 Å². The molecule has 0 radical (unpaired) electrons. The molecule has 0 saturated carbocycles. The molecule has 0 unspecified atom stereocenters. The maximum absolute atomic E-state index is 11.8. The van der Waals surface area contributed by atoms with Crippen LogP contribution in [-0.2, 0) is 13.0 Å². The number of carbonyl (C=O) groups excluding carboxylic acids is 1. The van der Waals surface area contributed by atoms with Crippen LogP contribution in [0.15, 0.2) is 85.3 Å². The third-order valence-electron chi connectivity index (χ3n) is 5.95. The highest BCUT2D eigenvalue weighted by Crippen LogP contribution is 2.28. The van der Waals surface area contributed by atoms with Crippen LogP contribution in [0.2, 0.25) is 0 Å². The summed E-state index contributed by atoms with van der Waals surface area (Å²) in [6, 6.07) is 23.5. The number of primary amides is 1. The van der Waals surface area contributed by atoms with E-state index in [0.29, 0.717) is 24.9 Å². The average molecular weight is 474 g/mol. The van der Waals surface area contributed by atoms with E-state index in [1.54, 1.807) is 23.0 Å². The van der Waals surface area contributed by atoms with E-state index in [0.717, 1.165) is 45.0 Å². The van der Waals surface area contributed by atoms with Gasteiger partial charge in [-0.2, -0.15) is 14.9 Å². The molecule has 0 spiro atoms. The molecule has 5 rings (SSSR count). The molecule has 0 atom stereocenters. The van der Waals surface area contributed by atoms with E-state index in [1.165, 1.54) is 0 Å². The number of aromatic nitrogens is 4. The number of rotatable bonds is 8. The van der Waals surface area contributed by atoms with Gasteiger partial charge in [-0.1, -0.05) is 42.5 Å². The summed E-state index contributed by atoms with van der Waals surface area (Å²) in [6.45, 7) is 0.612. The van der Waals surface area contributed by atoms with Gasteiger partial charge >= 0.3 is 0 Å². The van der Waals surface area contributed by atoms with Gasteiger partial charge in [0.05, 0.1) is 18.0 Å². The number of pyridine rings is 1. The van der Waals surface area contributed by atoms with Crippen molar-refractivity contribution < 1.29 is 4.79 Å². The maximum Gasteiger partial charge on any atom is 0.248 e. The third-order valence-corrected chi connectivity index (χ3v) is 5.95. The smallest absolute Gasteiger partial charge is 0.248 e. The Labute approximate surface area is 208 Å². The summed E-state index contributed by atoms with van der Waals surface area (Å²) in [7, 11) is 0. The standard InChI is InChI=1S/C28H23N7O/c29-12-1-4-23-15-22(9-10-24(23)28(30)36)20-5-7-21(8-6-20)25-16-27(35-26(34-25)11-14-33-35)32-18-19-3-2-13-31-17-19/h2-3,5-11,13-17,32H,1,4,18H2,(H2,30,36). The second-order valence-electron chi connectivity index (χ2n) is 8.31. The molecule has 0 aliphatic carbocycles. The number of anilines is 1. The Bertz CT molecular complexity index is 1570. The number of nitriles is 1. The molecule has 0 aliphatic heterocycles. The zero-order valence-corrected chi connectivity index (χ0v) is 19.4. The minimum Gasteiger partial charge on any atom is -0.366 e. The lowest BCUT2D eigenvalue weighted by molar-refractivity contribution is 0.0999. The number of fused-ring (bicyclic) bond motifs is 1. The highest BCUT2D eigenvalue weighted by atomic mass is 16.1. The number of amides is 1. The van der Waals surface area contributed by atoms with Gasteiger partial charge in [0.1, 0.15) is 5.82 Å². The largest absolute Gasteiger partial charge is 0.366 e.